The van der Waals surface area contributed by atoms with Gasteiger partial charge < -0.3 is 14.4 Å². The number of halogens is 3. The number of carbonyl (C=O) groups is 1. The molecule has 0 bridgehead atoms. The van der Waals surface area contributed by atoms with Gasteiger partial charge in [-0.3, -0.25) is 4.90 Å². The maximum atomic E-state index is 11.5. The number of fused-ring (bicyclic) bond motifs is 1. The number of nitrogens with one attached hydrogen (secondary N) is 1. The lowest BCUT2D eigenvalue weighted by molar-refractivity contribution is -0.192. The van der Waals surface area contributed by atoms with Gasteiger partial charge in [0.25, 0.3) is 0 Å². The molecule has 0 aromatic carbocycles. The third kappa shape index (κ3) is 6.15. The molecule has 0 spiro atoms. The monoisotopic (exact) mass is 428 g/mol. The molecule has 160 valence electrons. The van der Waals surface area contributed by atoms with E-state index in [4.69, 9.17) is 14.6 Å². The number of aryl methyl sites for hydroxylation is 1. The van der Waals surface area contributed by atoms with E-state index in [2.05, 4.69) is 14.6 Å². The number of hydrogen-bond donors (Lipinski definition) is 2. The van der Waals surface area contributed by atoms with Crippen molar-refractivity contribution in [2.45, 2.75) is 43.8 Å². The van der Waals surface area contributed by atoms with Crippen LogP contribution in [0.1, 0.15) is 18.7 Å². The fourth-order valence-electron chi connectivity index (χ4n) is 3.35. The summed E-state index contributed by atoms with van der Waals surface area (Å²) in [4.78, 5) is 15.5. The van der Waals surface area contributed by atoms with Crippen molar-refractivity contribution >= 4 is 16.0 Å². The first-order chi connectivity index (χ1) is 12.9. The van der Waals surface area contributed by atoms with E-state index in [-0.39, 0.29) is 18.2 Å². The number of aliphatic carboxylic acids is 1. The summed E-state index contributed by atoms with van der Waals surface area (Å²) < 4.78 is 65.4. The van der Waals surface area contributed by atoms with Crippen LogP contribution >= 0.6 is 0 Å². The van der Waals surface area contributed by atoms with Crippen molar-refractivity contribution in [2.24, 2.45) is 7.05 Å². The van der Waals surface area contributed by atoms with Crippen LogP contribution in [0, 0.1) is 0 Å². The van der Waals surface area contributed by atoms with Gasteiger partial charge in [0, 0.05) is 38.6 Å². The Morgan fingerprint density at radius 1 is 1.46 bits per heavy atom. The number of ether oxygens (including phenoxy) is 1. The van der Waals surface area contributed by atoms with Crippen molar-refractivity contribution in [3.8, 4) is 0 Å². The second kappa shape index (κ2) is 8.76. The van der Waals surface area contributed by atoms with Crippen LogP contribution in [0.4, 0.5) is 13.2 Å². The molecule has 0 saturated carbocycles. The Balaban J connectivity index is 0.000000345. The highest BCUT2D eigenvalue weighted by Gasteiger charge is 2.45. The molecule has 0 unspecified atom stereocenters. The Morgan fingerprint density at radius 2 is 2.11 bits per heavy atom. The Labute approximate surface area is 160 Å². The molecule has 3 atom stereocenters. The van der Waals surface area contributed by atoms with Crippen LogP contribution in [0.2, 0.25) is 0 Å². The number of rotatable bonds is 4. The van der Waals surface area contributed by atoms with Gasteiger partial charge in [0.05, 0.1) is 24.9 Å². The molecule has 9 nitrogen and oxygen atoms in total. The average molecular weight is 428 g/mol. The minimum atomic E-state index is -5.08. The van der Waals surface area contributed by atoms with Gasteiger partial charge in [0.15, 0.2) is 0 Å². The van der Waals surface area contributed by atoms with Crippen LogP contribution in [0.25, 0.3) is 0 Å². The predicted molar refractivity (Wildman–Crippen MR) is 91.8 cm³/mol. The van der Waals surface area contributed by atoms with Crippen molar-refractivity contribution in [2.75, 3.05) is 19.4 Å². The molecule has 2 aliphatic heterocycles. The fraction of sp³-hybridized carbons (Fsp3) is 0.733. The molecule has 28 heavy (non-hydrogen) atoms. The number of nitrogens with zero attached hydrogens (tertiary/aromatic N) is 3. The maximum absolute atomic E-state index is 11.5. The zero-order chi connectivity index (χ0) is 21.1. The Hall–Kier alpha value is -1.70. The first kappa shape index (κ1) is 22.6. The van der Waals surface area contributed by atoms with E-state index in [1.165, 1.54) is 6.26 Å². The number of aromatic nitrogens is 2. The number of likely N-dealkylation sites (tertiary alicyclic amines) is 1. The number of carboxylic acid groups (broad SMARTS) is 1. The minimum absolute atomic E-state index is 0.0613. The summed E-state index contributed by atoms with van der Waals surface area (Å²) in [6.45, 7) is 2.09. The van der Waals surface area contributed by atoms with Crippen LogP contribution < -0.4 is 4.72 Å². The highest BCUT2D eigenvalue weighted by atomic mass is 32.2. The first-order valence-electron chi connectivity index (χ1n) is 8.47. The van der Waals surface area contributed by atoms with Gasteiger partial charge in [0.2, 0.25) is 10.0 Å². The van der Waals surface area contributed by atoms with Gasteiger partial charge in [0.1, 0.15) is 5.82 Å². The number of alkyl halides is 3. The third-order valence-electron chi connectivity index (χ3n) is 4.50. The quantitative estimate of drug-likeness (QED) is 0.711. The third-order valence-corrected chi connectivity index (χ3v) is 5.23. The molecule has 2 fully saturated rings. The van der Waals surface area contributed by atoms with Gasteiger partial charge in [-0.05, 0) is 12.8 Å². The van der Waals surface area contributed by atoms with Crippen molar-refractivity contribution in [3.63, 3.8) is 0 Å². The molecule has 0 radical (unpaired) electrons. The SMILES string of the molecule is Cn1ccnc1CN1C[C@H](NS(C)(=O)=O)[C@@H]2OCCC[C@@H]21.O=C(O)C(F)(F)F. The van der Waals surface area contributed by atoms with E-state index in [1.807, 2.05) is 17.8 Å². The van der Waals surface area contributed by atoms with Crippen molar-refractivity contribution in [3.05, 3.63) is 18.2 Å². The average Bonchev–Trinajstić information content (AvgIpc) is 3.11. The van der Waals surface area contributed by atoms with E-state index in [1.54, 1.807) is 6.20 Å². The molecule has 2 N–H and O–H groups in total. The summed E-state index contributed by atoms with van der Waals surface area (Å²) in [6, 6.07) is 0.0836. The summed E-state index contributed by atoms with van der Waals surface area (Å²) in [5.41, 5.74) is 0. The summed E-state index contributed by atoms with van der Waals surface area (Å²) in [7, 11) is -1.26. The van der Waals surface area contributed by atoms with Crippen LogP contribution in [0.15, 0.2) is 12.4 Å². The highest BCUT2D eigenvalue weighted by Crippen LogP contribution is 2.30. The van der Waals surface area contributed by atoms with Gasteiger partial charge in [-0.1, -0.05) is 0 Å². The topological polar surface area (TPSA) is 114 Å². The largest absolute Gasteiger partial charge is 0.490 e. The van der Waals surface area contributed by atoms with E-state index < -0.39 is 22.2 Å². The lowest BCUT2D eigenvalue weighted by Crippen LogP contribution is -2.47. The standard InChI is InChI=1S/C13H22N4O3S.C2HF3O2/c1-16-6-5-14-12(16)9-17-8-10(15-21(2,18)19)13-11(17)4-3-7-20-13;3-2(4,5)1(6)7/h5-6,10-11,13,15H,3-4,7-9H2,1-2H3;(H,6,7)/t10-,11-,13-;/m0./s1. The Kier molecular flexibility index (Phi) is 7.07. The fourth-order valence-corrected chi connectivity index (χ4v) is 4.10. The smallest absolute Gasteiger partial charge is 0.475 e. The minimum Gasteiger partial charge on any atom is -0.475 e. The summed E-state index contributed by atoms with van der Waals surface area (Å²) in [5, 5.41) is 7.12. The second-order valence-electron chi connectivity index (χ2n) is 6.73. The number of hydrogen-bond acceptors (Lipinski definition) is 6. The predicted octanol–water partition coefficient (Wildman–Crippen LogP) is 0.334. The molecule has 1 aromatic rings. The summed E-state index contributed by atoms with van der Waals surface area (Å²) in [5.74, 6) is -1.77. The molecule has 1 aromatic heterocycles. The molecule has 3 heterocycles. The van der Waals surface area contributed by atoms with Gasteiger partial charge >= 0.3 is 12.1 Å². The lowest BCUT2D eigenvalue weighted by Gasteiger charge is -2.32. The molecule has 13 heteroatoms. The highest BCUT2D eigenvalue weighted by molar-refractivity contribution is 7.88. The van der Waals surface area contributed by atoms with E-state index in [9.17, 15) is 21.6 Å². The number of sulfonamides is 1. The number of imidazole rings is 1. The summed E-state index contributed by atoms with van der Waals surface area (Å²) in [6.07, 6.45) is 1.82. The van der Waals surface area contributed by atoms with Crippen LogP contribution in [-0.4, -0.2) is 77.7 Å². The molecular formula is C15H23F3N4O5S. The van der Waals surface area contributed by atoms with Crippen molar-refractivity contribution < 1.29 is 36.2 Å². The molecule has 0 amide bonds. The van der Waals surface area contributed by atoms with Crippen LogP contribution in [-0.2, 0) is 33.1 Å². The molecule has 2 saturated heterocycles. The second-order valence-corrected chi connectivity index (χ2v) is 8.51. The first-order valence-corrected chi connectivity index (χ1v) is 10.4. The van der Waals surface area contributed by atoms with Gasteiger partial charge in [-0.15, -0.1) is 0 Å². The maximum Gasteiger partial charge on any atom is 0.490 e. The normalized spacial score (nSPS) is 25.7. The summed E-state index contributed by atoms with van der Waals surface area (Å²) >= 11 is 0. The van der Waals surface area contributed by atoms with Gasteiger partial charge in [-0.25, -0.2) is 22.9 Å². The lowest BCUT2D eigenvalue weighted by atomic mass is 10.0. The Morgan fingerprint density at radius 3 is 2.61 bits per heavy atom. The van der Waals surface area contributed by atoms with E-state index in [0.29, 0.717) is 13.2 Å². The van der Waals surface area contributed by atoms with Gasteiger partial charge in [-0.2, -0.15) is 13.2 Å². The molecular weight excluding hydrogens is 405 g/mol. The van der Waals surface area contributed by atoms with Crippen molar-refractivity contribution in [1.82, 2.24) is 19.2 Å². The van der Waals surface area contributed by atoms with Crippen molar-refractivity contribution in [1.29, 1.82) is 0 Å². The van der Waals surface area contributed by atoms with Crippen LogP contribution in [0.5, 0.6) is 0 Å². The molecule has 3 rings (SSSR count). The number of carboxylic acids is 1. The van der Waals surface area contributed by atoms with E-state index in [0.717, 1.165) is 25.2 Å². The van der Waals surface area contributed by atoms with E-state index >= 15 is 0 Å². The zero-order valence-corrected chi connectivity index (χ0v) is 16.2. The zero-order valence-electron chi connectivity index (χ0n) is 15.4. The molecule has 0 aliphatic carbocycles. The Bertz CT molecular complexity index is 783. The molecule has 2 aliphatic rings. The van der Waals surface area contributed by atoms with Crippen LogP contribution in [0.3, 0.4) is 0 Å².